The Balaban J connectivity index is 2.47. The van der Waals surface area contributed by atoms with Crippen LogP contribution in [-0.2, 0) is 9.53 Å². The summed E-state index contributed by atoms with van der Waals surface area (Å²) in [5, 5.41) is 2.21. The molecule has 1 aliphatic rings. The summed E-state index contributed by atoms with van der Waals surface area (Å²) in [5.74, 6) is -0.333. The number of carbonyl (C=O) groups excluding carboxylic acids is 2. The first-order chi connectivity index (χ1) is 8.58. The average Bonchev–Trinajstić information content (AvgIpc) is 2.31. The van der Waals surface area contributed by atoms with Gasteiger partial charge in [0, 0.05) is 18.6 Å². The molecule has 3 N–H and O–H groups in total. The monoisotopic (exact) mass is 257 g/mol. The Morgan fingerprint density at radius 3 is 2.78 bits per heavy atom. The lowest BCUT2D eigenvalue weighted by Gasteiger charge is -2.39. The van der Waals surface area contributed by atoms with Crippen LogP contribution in [0.4, 0.5) is 4.79 Å². The Bertz CT molecular complexity index is 296. The van der Waals surface area contributed by atoms with Crippen molar-refractivity contribution in [2.24, 2.45) is 5.73 Å². The van der Waals surface area contributed by atoms with E-state index in [0.717, 1.165) is 19.3 Å². The second-order valence-electron chi connectivity index (χ2n) is 4.61. The van der Waals surface area contributed by atoms with Crippen LogP contribution in [0.1, 0.15) is 33.1 Å². The van der Waals surface area contributed by atoms with Gasteiger partial charge in [-0.3, -0.25) is 15.0 Å². The van der Waals surface area contributed by atoms with Gasteiger partial charge in [0.25, 0.3) is 0 Å². The summed E-state index contributed by atoms with van der Waals surface area (Å²) < 4.78 is 4.67. The zero-order valence-electron chi connectivity index (χ0n) is 11.1. The minimum absolute atomic E-state index is 0.196. The van der Waals surface area contributed by atoms with Crippen molar-refractivity contribution in [2.75, 3.05) is 19.7 Å². The highest BCUT2D eigenvalue weighted by Crippen LogP contribution is 2.21. The summed E-state index contributed by atoms with van der Waals surface area (Å²) >= 11 is 0. The number of nitrogens with one attached hydrogen (secondary N) is 1. The fourth-order valence-electron chi connectivity index (χ4n) is 2.36. The van der Waals surface area contributed by atoms with E-state index < -0.39 is 6.09 Å². The maximum absolute atomic E-state index is 11.7. The third-order valence-corrected chi connectivity index (χ3v) is 3.31. The van der Waals surface area contributed by atoms with Crippen LogP contribution in [-0.4, -0.2) is 48.7 Å². The highest BCUT2D eigenvalue weighted by molar-refractivity contribution is 5.92. The van der Waals surface area contributed by atoms with Gasteiger partial charge in [-0.1, -0.05) is 6.42 Å². The molecule has 0 aliphatic carbocycles. The molecule has 0 saturated carbocycles. The molecule has 2 amide bonds. The molecule has 6 heteroatoms. The number of ether oxygens (including phenoxy) is 1. The van der Waals surface area contributed by atoms with Gasteiger partial charge >= 0.3 is 6.09 Å². The van der Waals surface area contributed by atoms with E-state index in [9.17, 15) is 9.59 Å². The molecule has 104 valence electrons. The fourth-order valence-corrected chi connectivity index (χ4v) is 2.36. The summed E-state index contributed by atoms with van der Waals surface area (Å²) in [6, 6.07) is 0.543. The van der Waals surface area contributed by atoms with Crippen LogP contribution in [0.2, 0.25) is 0 Å². The van der Waals surface area contributed by atoms with Crippen molar-refractivity contribution in [3.8, 4) is 0 Å². The molecule has 1 rings (SSSR count). The van der Waals surface area contributed by atoms with E-state index in [1.165, 1.54) is 0 Å². The highest BCUT2D eigenvalue weighted by Gasteiger charge is 2.28. The molecule has 0 radical (unpaired) electrons. The molecule has 1 heterocycles. The molecule has 0 aromatic heterocycles. The van der Waals surface area contributed by atoms with Crippen LogP contribution in [0, 0.1) is 0 Å². The summed E-state index contributed by atoms with van der Waals surface area (Å²) in [7, 11) is 0. The Morgan fingerprint density at radius 2 is 2.17 bits per heavy atom. The van der Waals surface area contributed by atoms with Crippen molar-refractivity contribution < 1.29 is 14.3 Å². The summed E-state index contributed by atoms with van der Waals surface area (Å²) in [6.45, 7) is 4.77. The summed E-state index contributed by atoms with van der Waals surface area (Å²) in [4.78, 5) is 24.9. The van der Waals surface area contributed by atoms with Gasteiger partial charge in [-0.15, -0.1) is 0 Å². The highest BCUT2D eigenvalue weighted by atomic mass is 16.5. The number of likely N-dealkylation sites (tertiary alicyclic amines) is 1. The first-order valence-electron chi connectivity index (χ1n) is 6.50. The maximum atomic E-state index is 11.7. The molecule has 2 atom stereocenters. The van der Waals surface area contributed by atoms with E-state index in [1.807, 2.05) is 0 Å². The standard InChI is InChI=1S/C12H23N3O3/c1-3-18-12(17)14-11(16)8-15-9(2)5-4-6-10(15)7-13/h9-10H,3-8,13H2,1-2H3,(H,14,16,17). The number of nitrogens with two attached hydrogens (primary N) is 1. The Kier molecular flexibility index (Phi) is 6.07. The van der Waals surface area contributed by atoms with Crippen LogP contribution in [0.25, 0.3) is 0 Å². The third-order valence-electron chi connectivity index (χ3n) is 3.31. The topological polar surface area (TPSA) is 84.7 Å². The van der Waals surface area contributed by atoms with Crippen molar-refractivity contribution >= 4 is 12.0 Å². The predicted molar refractivity (Wildman–Crippen MR) is 68.0 cm³/mol. The number of amides is 2. The van der Waals surface area contributed by atoms with Crippen LogP contribution in [0.15, 0.2) is 0 Å². The van der Waals surface area contributed by atoms with Crippen molar-refractivity contribution in [3.63, 3.8) is 0 Å². The maximum Gasteiger partial charge on any atom is 0.413 e. The van der Waals surface area contributed by atoms with Crippen molar-refractivity contribution in [2.45, 2.75) is 45.2 Å². The number of imide groups is 1. The van der Waals surface area contributed by atoms with Gasteiger partial charge in [0.05, 0.1) is 13.2 Å². The van der Waals surface area contributed by atoms with Crippen LogP contribution in [0.5, 0.6) is 0 Å². The van der Waals surface area contributed by atoms with Crippen molar-refractivity contribution in [3.05, 3.63) is 0 Å². The van der Waals surface area contributed by atoms with Gasteiger partial charge in [-0.2, -0.15) is 0 Å². The number of alkyl carbamates (subject to hydrolysis) is 1. The number of hydrogen-bond donors (Lipinski definition) is 2. The second kappa shape index (κ2) is 7.33. The molecular formula is C12H23N3O3. The molecule has 1 fully saturated rings. The van der Waals surface area contributed by atoms with Gasteiger partial charge < -0.3 is 10.5 Å². The first kappa shape index (κ1) is 14.9. The third kappa shape index (κ3) is 4.27. The normalized spacial score (nSPS) is 24.6. The lowest BCUT2D eigenvalue weighted by molar-refractivity contribution is -0.123. The number of piperidine rings is 1. The molecule has 18 heavy (non-hydrogen) atoms. The Labute approximate surface area is 108 Å². The first-order valence-corrected chi connectivity index (χ1v) is 6.50. The smallest absolute Gasteiger partial charge is 0.413 e. The zero-order chi connectivity index (χ0) is 13.5. The molecule has 0 aromatic carbocycles. The number of rotatable bonds is 4. The average molecular weight is 257 g/mol. The fraction of sp³-hybridized carbons (Fsp3) is 0.833. The Hall–Kier alpha value is -1.14. The largest absolute Gasteiger partial charge is 0.450 e. The molecule has 6 nitrogen and oxygen atoms in total. The van der Waals surface area contributed by atoms with E-state index >= 15 is 0 Å². The molecule has 2 unspecified atom stereocenters. The van der Waals surface area contributed by atoms with Gasteiger partial charge in [0.1, 0.15) is 0 Å². The van der Waals surface area contributed by atoms with Crippen LogP contribution < -0.4 is 11.1 Å². The van der Waals surface area contributed by atoms with E-state index in [-0.39, 0.29) is 25.1 Å². The SMILES string of the molecule is CCOC(=O)NC(=O)CN1C(C)CCCC1CN. The van der Waals surface area contributed by atoms with E-state index in [1.54, 1.807) is 6.92 Å². The number of carbonyl (C=O) groups is 2. The zero-order valence-corrected chi connectivity index (χ0v) is 11.1. The lowest BCUT2D eigenvalue weighted by Crippen LogP contribution is -2.53. The second-order valence-corrected chi connectivity index (χ2v) is 4.61. The van der Waals surface area contributed by atoms with Gasteiger partial charge in [-0.25, -0.2) is 4.79 Å². The molecule has 1 aliphatic heterocycles. The minimum atomic E-state index is -0.684. The number of hydrogen-bond acceptors (Lipinski definition) is 5. The van der Waals surface area contributed by atoms with Gasteiger partial charge in [0.15, 0.2) is 0 Å². The summed E-state index contributed by atoms with van der Waals surface area (Å²) in [5.41, 5.74) is 5.72. The lowest BCUT2D eigenvalue weighted by atomic mass is 9.96. The van der Waals surface area contributed by atoms with Gasteiger partial charge in [0.2, 0.25) is 5.91 Å². The van der Waals surface area contributed by atoms with Crippen molar-refractivity contribution in [1.82, 2.24) is 10.2 Å². The van der Waals surface area contributed by atoms with Crippen molar-refractivity contribution in [1.29, 1.82) is 0 Å². The van der Waals surface area contributed by atoms with Crippen LogP contribution in [0.3, 0.4) is 0 Å². The van der Waals surface area contributed by atoms with Gasteiger partial charge in [-0.05, 0) is 26.7 Å². The Morgan fingerprint density at radius 1 is 1.44 bits per heavy atom. The summed E-state index contributed by atoms with van der Waals surface area (Å²) in [6.07, 6.45) is 2.52. The molecule has 0 bridgehead atoms. The molecule has 0 spiro atoms. The molecule has 1 saturated heterocycles. The van der Waals surface area contributed by atoms with E-state index in [2.05, 4.69) is 21.9 Å². The number of nitrogens with zero attached hydrogens (tertiary/aromatic N) is 1. The minimum Gasteiger partial charge on any atom is -0.450 e. The predicted octanol–water partition coefficient (Wildman–Crippen LogP) is 0.461. The van der Waals surface area contributed by atoms with Crippen LogP contribution >= 0.6 is 0 Å². The molecule has 0 aromatic rings. The van der Waals surface area contributed by atoms with E-state index in [0.29, 0.717) is 12.6 Å². The molecular weight excluding hydrogens is 234 g/mol. The van der Waals surface area contributed by atoms with E-state index in [4.69, 9.17) is 5.73 Å². The quantitative estimate of drug-likeness (QED) is 0.764.